The lowest BCUT2D eigenvalue weighted by Gasteiger charge is -2.35. The van der Waals surface area contributed by atoms with Crippen LogP contribution in [0.15, 0.2) is 36.4 Å². The van der Waals surface area contributed by atoms with Crippen LogP contribution in [0.5, 0.6) is 5.75 Å². The molecule has 5 rings (SSSR count). The highest BCUT2D eigenvalue weighted by Gasteiger charge is 2.38. The van der Waals surface area contributed by atoms with Crippen molar-refractivity contribution in [2.75, 3.05) is 57.3 Å². The van der Waals surface area contributed by atoms with E-state index in [0.29, 0.717) is 37.3 Å². The van der Waals surface area contributed by atoms with Gasteiger partial charge in [-0.25, -0.2) is 0 Å². The topological polar surface area (TPSA) is 85.9 Å². The lowest BCUT2D eigenvalue weighted by Crippen LogP contribution is -2.48. The molecule has 0 saturated carbocycles. The van der Waals surface area contributed by atoms with Gasteiger partial charge in [0.2, 0.25) is 0 Å². The first-order valence-corrected chi connectivity index (χ1v) is 12.6. The summed E-state index contributed by atoms with van der Waals surface area (Å²) in [5.41, 5.74) is 1.32. The molecule has 1 aromatic carbocycles. The average molecular weight is 517 g/mol. The van der Waals surface area contributed by atoms with Gasteiger partial charge in [0.15, 0.2) is 5.65 Å². The lowest BCUT2D eigenvalue weighted by molar-refractivity contribution is -0.146. The van der Waals surface area contributed by atoms with Crippen LogP contribution in [0.2, 0.25) is 0 Å². The summed E-state index contributed by atoms with van der Waals surface area (Å²) in [6, 6.07) is 11.5. The Morgan fingerprint density at radius 2 is 1.68 bits per heavy atom. The summed E-state index contributed by atoms with van der Waals surface area (Å²) in [5.74, 6) is 1.24. The van der Waals surface area contributed by atoms with Gasteiger partial charge in [-0.05, 0) is 55.5 Å². The Labute approximate surface area is 213 Å². The highest BCUT2D eigenvalue weighted by Crippen LogP contribution is 2.32. The maximum Gasteiger partial charge on any atom is 0.453 e. The zero-order valence-corrected chi connectivity index (χ0v) is 20.8. The maximum atomic E-state index is 13.2. The van der Waals surface area contributed by atoms with Crippen molar-refractivity contribution in [2.24, 2.45) is 0 Å². The lowest BCUT2D eigenvalue weighted by atomic mass is 9.89. The molecule has 1 N–H and O–H groups in total. The molecule has 2 fully saturated rings. The van der Waals surface area contributed by atoms with Crippen LogP contribution in [0.3, 0.4) is 0 Å². The number of amidine groups is 1. The summed E-state index contributed by atoms with van der Waals surface area (Å²) in [4.78, 5) is 6.47. The van der Waals surface area contributed by atoms with Gasteiger partial charge in [-0.1, -0.05) is 12.1 Å². The number of rotatable bonds is 6. The SMILES string of the molecule is CC(=N)N1CCN(CCOc2ccc(C3CCN(c4ccc5nnc(C(F)(F)F)n5n4)CC3)cc2)CC1. The van der Waals surface area contributed by atoms with E-state index in [1.165, 1.54) is 11.6 Å². The zero-order valence-electron chi connectivity index (χ0n) is 20.8. The predicted molar refractivity (Wildman–Crippen MR) is 133 cm³/mol. The molecule has 37 heavy (non-hydrogen) atoms. The Bertz CT molecular complexity index is 1210. The van der Waals surface area contributed by atoms with Crippen molar-refractivity contribution in [1.29, 1.82) is 5.41 Å². The quantitative estimate of drug-likeness (QED) is 0.396. The Balaban J connectivity index is 1.10. The van der Waals surface area contributed by atoms with Crippen LogP contribution < -0.4 is 9.64 Å². The number of hydrogen-bond donors (Lipinski definition) is 1. The van der Waals surface area contributed by atoms with Crippen molar-refractivity contribution >= 4 is 17.3 Å². The van der Waals surface area contributed by atoms with Crippen molar-refractivity contribution < 1.29 is 17.9 Å². The summed E-state index contributed by atoms with van der Waals surface area (Å²) in [7, 11) is 0. The van der Waals surface area contributed by atoms with Crippen LogP contribution in [-0.4, -0.2) is 87.9 Å². The first-order valence-electron chi connectivity index (χ1n) is 12.6. The number of nitrogens with one attached hydrogen (secondary N) is 1. The van der Waals surface area contributed by atoms with Crippen molar-refractivity contribution in [3.63, 3.8) is 0 Å². The predicted octanol–water partition coefficient (Wildman–Crippen LogP) is 3.52. The van der Waals surface area contributed by atoms with Gasteiger partial charge in [0.25, 0.3) is 5.82 Å². The fourth-order valence-corrected chi connectivity index (χ4v) is 5.00. The molecule has 0 spiro atoms. The molecule has 2 aromatic heterocycles. The third kappa shape index (κ3) is 5.79. The van der Waals surface area contributed by atoms with Gasteiger partial charge in [-0.15, -0.1) is 15.3 Å². The van der Waals surface area contributed by atoms with Gasteiger partial charge in [-0.3, -0.25) is 10.3 Å². The van der Waals surface area contributed by atoms with E-state index in [1.807, 2.05) is 24.0 Å². The smallest absolute Gasteiger partial charge is 0.453 e. The first kappa shape index (κ1) is 25.2. The van der Waals surface area contributed by atoms with E-state index in [2.05, 4.69) is 37.2 Å². The summed E-state index contributed by atoms with van der Waals surface area (Å²) in [5, 5.41) is 18.7. The monoisotopic (exact) mass is 516 g/mol. The minimum absolute atomic E-state index is 0.0775. The minimum Gasteiger partial charge on any atom is -0.492 e. The van der Waals surface area contributed by atoms with Crippen molar-refractivity contribution in [3.05, 3.63) is 47.8 Å². The van der Waals surface area contributed by atoms with Crippen molar-refractivity contribution in [2.45, 2.75) is 31.9 Å². The number of nitrogens with zero attached hydrogens (tertiary/aromatic N) is 7. The van der Waals surface area contributed by atoms with Crippen LogP contribution in [-0.2, 0) is 6.18 Å². The largest absolute Gasteiger partial charge is 0.492 e. The number of hydrogen-bond acceptors (Lipinski definition) is 7. The fraction of sp³-hybridized carbons (Fsp3) is 0.520. The number of halogens is 3. The molecule has 4 heterocycles. The number of alkyl halides is 3. The number of piperidine rings is 1. The summed E-state index contributed by atoms with van der Waals surface area (Å²) in [6.45, 7) is 8.41. The zero-order chi connectivity index (χ0) is 26.0. The van der Waals surface area contributed by atoms with E-state index in [4.69, 9.17) is 10.1 Å². The molecular formula is C25H31F3N8O. The van der Waals surface area contributed by atoms with Crippen molar-refractivity contribution in [1.82, 2.24) is 29.6 Å². The molecule has 0 radical (unpaired) electrons. The van der Waals surface area contributed by atoms with Crippen molar-refractivity contribution in [3.8, 4) is 5.75 Å². The van der Waals surface area contributed by atoms with Crippen LogP contribution in [0, 0.1) is 5.41 Å². The molecule has 0 aliphatic carbocycles. The molecule has 3 aromatic rings. The van der Waals surface area contributed by atoms with E-state index >= 15 is 0 Å². The van der Waals surface area contributed by atoms with E-state index in [1.54, 1.807) is 6.07 Å². The minimum atomic E-state index is -4.61. The molecule has 2 saturated heterocycles. The normalized spacial score (nSPS) is 17.9. The number of benzene rings is 1. The average Bonchev–Trinajstić information content (AvgIpc) is 3.34. The number of anilines is 1. The molecule has 0 unspecified atom stereocenters. The van der Waals surface area contributed by atoms with Crippen LogP contribution >= 0.6 is 0 Å². The van der Waals surface area contributed by atoms with Gasteiger partial charge in [-0.2, -0.15) is 17.7 Å². The van der Waals surface area contributed by atoms with Gasteiger partial charge in [0, 0.05) is 45.8 Å². The molecule has 0 amide bonds. The van der Waals surface area contributed by atoms with Crippen LogP contribution in [0.1, 0.15) is 37.1 Å². The Morgan fingerprint density at radius 3 is 2.32 bits per heavy atom. The molecule has 2 aliphatic rings. The molecule has 2 aliphatic heterocycles. The van der Waals surface area contributed by atoms with Crippen LogP contribution in [0.25, 0.3) is 5.65 Å². The molecule has 0 bridgehead atoms. The Hall–Kier alpha value is -3.41. The summed E-state index contributed by atoms with van der Waals surface area (Å²) >= 11 is 0. The Morgan fingerprint density at radius 1 is 0.973 bits per heavy atom. The molecule has 9 nitrogen and oxygen atoms in total. The maximum absolute atomic E-state index is 13.2. The third-order valence-corrected chi connectivity index (χ3v) is 7.20. The second kappa shape index (κ2) is 10.5. The Kier molecular flexibility index (Phi) is 7.18. The van der Waals surface area contributed by atoms with E-state index in [9.17, 15) is 13.2 Å². The van der Waals surface area contributed by atoms with E-state index in [-0.39, 0.29) is 5.65 Å². The third-order valence-electron chi connectivity index (χ3n) is 7.20. The number of fused-ring (bicyclic) bond motifs is 1. The van der Waals surface area contributed by atoms with E-state index in [0.717, 1.165) is 55.8 Å². The standard InChI is InChI=1S/C25H31F3N8O/c1-18(29)34-14-12-33(13-15-34)16-17-37-21-4-2-19(3-5-21)20-8-10-35(11-9-20)23-7-6-22-30-31-24(25(26,27)28)36(22)32-23/h2-7,20,29H,8-17H2,1H3. The first-order chi connectivity index (χ1) is 17.8. The fourth-order valence-electron chi connectivity index (χ4n) is 5.00. The van der Waals surface area contributed by atoms with Gasteiger partial charge in [0.1, 0.15) is 18.2 Å². The highest BCUT2D eigenvalue weighted by molar-refractivity contribution is 5.76. The molecular weight excluding hydrogens is 485 g/mol. The second-order valence-electron chi connectivity index (χ2n) is 9.58. The number of ether oxygens (including phenoxy) is 1. The van der Waals surface area contributed by atoms with Gasteiger partial charge < -0.3 is 14.5 Å². The van der Waals surface area contributed by atoms with E-state index < -0.39 is 12.0 Å². The molecule has 0 atom stereocenters. The number of aromatic nitrogens is 4. The molecule has 12 heteroatoms. The molecule has 198 valence electrons. The summed E-state index contributed by atoms with van der Waals surface area (Å²) in [6.07, 6.45) is -2.84. The highest BCUT2D eigenvalue weighted by atomic mass is 19.4. The van der Waals surface area contributed by atoms with Crippen LogP contribution in [0.4, 0.5) is 19.0 Å². The number of piperazine rings is 1. The van der Waals surface area contributed by atoms with Gasteiger partial charge >= 0.3 is 6.18 Å². The van der Waals surface area contributed by atoms with Gasteiger partial charge in [0.05, 0.1) is 5.84 Å². The summed E-state index contributed by atoms with van der Waals surface area (Å²) < 4.78 is 46.3. The second-order valence-corrected chi connectivity index (χ2v) is 9.58.